The van der Waals surface area contributed by atoms with Crippen molar-refractivity contribution in [1.82, 2.24) is 0 Å². The number of rotatable bonds is 3. The Morgan fingerprint density at radius 1 is 1.21 bits per heavy atom. The van der Waals surface area contributed by atoms with Gasteiger partial charge in [0.1, 0.15) is 0 Å². The Morgan fingerprint density at radius 3 is 2.29 bits per heavy atom. The molecule has 0 radical (unpaired) electrons. The zero-order valence-electron chi connectivity index (χ0n) is 8.88. The molecule has 3 nitrogen and oxygen atoms in total. The van der Waals surface area contributed by atoms with Crippen LogP contribution in [0.4, 0.5) is 0 Å². The number of carbonyl (C=O) groups excluding carboxylic acids is 1. The highest BCUT2D eigenvalue weighted by Crippen LogP contribution is 2.32. The Labute approximate surface area is 83.6 Å². The van der Waals surface area contributed by atoms with Crippen molar-refractivity contribution in [3.8, 4) is 11.5 Å². The highest BCUT2D eigenvalue weighted by molar-refractivity contribution is 5.97. The van der Waals surface area contributed by atoms with Gasteiger partial charge in [0.05, 0.1) is 19.8 Å². The molecule has 0 atom stereocenters. The van der Waals surface area contributed by atoms with E-state index < -0.39 is 0 Å². The topological polar surface area (TPSA) is 35.5 Å². The van der Waals surface area contributed by atoms with Gasteiger partial charge in [-0.05, 0) is 31.5 Å². The first-order valence-electron chi connectivity index (χ1n) is 4.33. The first-order chi connectivity index (χ1) is 6.60. The largest absolute Gasteiger partial charge is 0.493 e. The van der Waals surface area contributed by atoms with Gasteiger partial charge in [0.25, 0.3) is 0 Å². The third-order valence-corrected chi connectivity index (χ3v) is 2.00. The van der Waals surface area contributed by atoms with Crippen molar-refractivity contribution < 1.29 is 14.3 Å². The van der Waals surface area contributed by atoms with Gasteiger partial charge in [0, 0.05) is 0 Å². The second-order valence-corrected chi connectivity index (χ2v) is 3.10. The predicted octanol–water partition coefficient (Wildman–Crippen LogP) is 2.21. The summed E-state index contributed by atoms with van der Waals surface area (Å²) < 4.78 is 10.3. The maximum absolute atomic E-state index is 11.3. The molecule has 0 aliphatic heterocycles. The number of methoxy groups -OCH3 is 2. The van der Waals surface area contributed by atoms with Crippen LogP contribution in [0.5, 0.6) is 11.5 Å². The van der Waals surface area contributed by atoms with Crippen molar-refractivity contribution in [2.75, 3.05) is 14.2 Å². The summed E-state index contributed by atoms with van der Waals surface area (Å²) in [6.45, 7) is 3.42. The summed E-state index contributed by atoms with van der Waals surface area (Å²) in [5.74, 6) is 1.08. The highest BCUT2D eigenvalue weighted by Gasteiger charge is 2.13. The van der Waals surface area contributed by atoms with Crippen LogP contribution in [0.15, 0.2) is 12.1 Å². The van der Waals surface area contributed by atoms with E-state index in [1.54, 1.807) is 13.2 Å². The minimum Gasteiger partial charge on any atom is -0.493 e. The molecule has 0 saturated heterocycles. The fraction of sp³-hybridized carbons (Fsp3) is 0.364. The van der Waals surface area contributed by atoms with E-state index >= 15 is 0 Å². The van der Waals surface area contributed by atoms with Crippen molar-refractivity contribution in [2.24, 2.45) is 0 Å². The van der Waals surface area contributed by atoms with Gasteiger partial charge in [-0.2, -0.15) is 0 Å². The molecule has 0 bridgehead atoms. The van der Waals surface area contributed by atoms with Gasteiger partial charge in [-0.1, -0.05) is 0 Å². The van der Waals surface area contributed by atoms with Crippen molar-refractivity contribution in [3.63, 3.8) is 0 Å². The fourth-order valence-corrected chi connectivity index (χ4v) is 1.36. The summed E-state index contributed by atoms with van der Waals surface area (Å²) in [5.41, 5.74) is 1.54. The Bertz CT molecular complexity index is 356. The van der Waals surface area contributed by atoms with Crippen LogP contribution in [0.25, 0.3) is 0 Å². The van der Waals surface area contributed by atoms with Crippen LogP contribution < -0.4 is 9.47 Å². The summed E-state index contributed by atoms with van der Waals surface area (Å²) in [6.07, 6.45) is 0. The number of carbonyl (C=O) groups is 1. The van der Waals surface area contributed by atoms with E-state index in [1.165, 1.54) is 14.0 Å². The zero-order chi connectivity index (χ0) is 10.7. The van der Waals surface area contributed by atoms with Gasteiger partial charge in [0.15, 0.2) is 17.3 Å². The second-order valence-electron chi connectivity index (χ2n) is 3.10. The van der Waals surface area contributed by atoms with Crippen LogP contribution in [0, 0.1) is 6.92 Å². The lowest BCUT2D eigenvalue weighted by Crippen LogP contribution is -2.00. The molecular formula is C11H14O3. The molecule has 0 fully saturated rings. The molecule has 0 spiro atoms. The summed E-state index contributed by atoms with van der Waals surface area (Å²) >= 11 is 0. The maximum Gasteiger partial charge on any atom is 0.171 e. The number of benzene rings is 1. The van der Waals surface area contributed by atoms with Gasteiger partial charge in [-0.25, -0.2) is 0 Å². The predicted molar refractivity (Wildman–Crippen MR) is 54.3 cm³/mol. The van der Waals surface area contributed by atoms with Crippen molar-refractivity contribution in [1.29, 1.82) is 0 Å². The van der Waals surface area contributed by atoms with Gasteiger partial charge >= 0.3 is 0 Å². The number of ketones is 1. The first-order valence-corrected chi connectivity index (χ1v) is 4.33. The first kappa shape index (κ1) is 10.6. The quantitative estimate of drug-likeness (QED) is 0.692. The smallest absolute Gasteiger partial charge is 0.171 e. The van der Waals surface area contributed by atoms with Crippen molar-refractivity contribution >= 4 is 5.78 Å². The monoisotopic (exact) mass is 194 g/mol. The Hall–Kier alpha value is -1.51. The van der Waals surface area contributed by atoms with Crippen LogP contribution >= 0.6 is 0 Å². The molecule has 0 aromatic heterocycles. The molecule has 1 aromatic rings. The summed E-state index contributed by atoms with van der Waals surface area (Å²) in [5, 5.41) is 0. The van der Waals surface area contributed by atoms with Crippen LogP contribution in [-0.2, 0) is 0 Å². The van der Waals surface area contributed by atoms with Gasteiger partial charge in [-0.3, -0.25) is 4.79 Å². The molecular weight excluding hydrogens is 180 g/mol. The average Bonchev–Trinajstić information content (AvgIpc) is 2.16. The SMILES string of the molecule is COc1cc(C)cc(C(C)=O)c1OC. The molecule has 0 aliphatic carbocycles. The molecule has 76 valence electrons. The highest BCUT2D eigenvalue weighted by atomic mass is 16.5. The minimum atomic E-state index is -0.0242. The summed E-state index contributed by atoms with van der Waals surface area (Å²) in [7, 11) is 3.08. The molecule has 1 rings (SSSR count). The molecule has 1 aromatic carbocycles. The normalized spacial score (nSPS) is 9.71. The molecule has 14 heavy (non-hydrogen) atoms. The summed E-state index contributed by atoms with van der Waals surface area (Å²) in [6, 6.07) is 3.63. The molecule has 0 N–H and O–H groups in total. The third kappa shape index (κ3) is 1.87. The standard InChI is InChI=1S/C11H14O3/c1-7-5-9(8(2)12)11(14-4)10(6-7)13-3/h5-6H,1-4H3. The summed E-state index contributed by atoms with van der Waals surface area (Å²) in [4.78, 5) is 11.3. The molecule has 0 amide bonds. The average molecular weight is 194 g/mol. The maximum atomic E-state index is 11.3. The Morgan fingerprint density at radius 2 is 1.86 bits per heavy atom. The van der Waals surface area contributed by atoms with E-state index in [0.717, 1.165) is 5.56 Å². The number of ether oxygens (including phenoxy) is 2. The minimum absolute atomic E-state index is 0.0242. The second kappa shape index (κ2) is 4.13. The fourth-order valence-electron chi connectivity index (χ4n) is 1.36. The third-order valence-electron chi connectivity index (χ3n) is 2.00. The van der Waals surface area contributed by atoms with E-state index in [2.05, 4.69) is 0 Å². The molecule has 0 unspecified atom stereocenters. The Balaban J connectivity index is 3.39. The molecule has 0 heterocycles. The lowest BCUT2D eigenvalue weighted by atomic mass is 10.1. The Kier molecular flexibility index (Phi) is 3.12. The van der Waals surface area contributed by atoms with Gasteiger partial charge < -0.3 is 9.47 Å². The van der Waals surface area contributed by atoms with Crippen LogP contribution in [0.2, 0.25) is 0 Å². The van der Waals surface area contributed by atoms with Gasteiger partial charge in [-0.15, -0.1) is 0 Å². The van der Waals surface area contributed by atoms with Crippen LogP contribution in [0.1, 0.15) is 22.8 Å². The van der Waals surface area contributed by atoms with E-state index in [-0.39, 0.29) is 5.78 Å². The number of aryl methyl sites for hydroxylation is 1. The molecule has 0 saturated carbocycles. The van der Waals surface area contributed by atoms with E-state index in [4.69, 9.17) is 9.47 Å². The van der Waals surface area contributed by atoms with Crippen LogP contribution in [0.3, 0.4) is 0 Å². The number of hydrogen-bond donors (Lipinski definition) is 0. The van der Waals surface area contributed by atoms with E-state index in [9.17, 15) is 4.79 Å². The van der Waals surface area contributed by atoms with Crippen molar-refractivity contribution in [3.05, 3.63) is 23.3 Å². The van der Waals surface area contributed by atoms with Crippen LogP contribution in [-0.4, -0.2) is 20.0 Å². The molecule has 0 aliphatic rings. The van der Waals surface area contributed by atoms with E-state index in [1.807, 2.05) is 13.0 Å². The lowest BCUT2D eigenvalue weighted by molar-refractivity contribution is 0.101. The number of hydrogen-bond acceptors (Lipinski definition) is 3. The van der Waals surface area contributed by atoms with E-state index in [0.29, 0.717) is 17.1 Å². The van der Waals surface area contributed by atoms with Gasteiger partial charge in [0.2, 0.25) is 0 Å². The van der Waals surface area contributed by atoms with Crippen molar-refractivity contribution in [2.45, 2.75) is 13.8 Å². The molecule has 3 heteroatoms. The number of Topliss-reactive ketones (excluding diaryl/α,β-unsaturated/α-hetero) is 1. The zero-order valence-corrected chi connectivity index (χ0v) is 8.88. The lowest BCUT2D eigenvalue weighted by Gasteiger charge is -2.11.